The van der Waals surface area contributed by atoms with Gasteiger partial charge in [-0.05, 0) is 55.3 Å². The van der Waals surface area contributed by atoms with E-state index in [1.54, 1.807) is 4.57 Å². The van der Waals surface area contributed by atoms with E-state index >= 15 is 0 Å². The molecule has 1 heterocycles. The van der Waals surface area contributed by atoms with E-state index in [2.05, 4.69) is 11.4 Å². The number of rotatable bonds is 6. The van der Waals surface area contributed by atoms with Gasteiger partial charge in [-0.3, -0.25) is 9.36 Å². The molecule has 0 atom stereocenters. The lowest BCUT2D eigenvalue weighted by Gasteiger charge is -2.13. The first kappa shape index (κ1) is 21.5. The van der Waals surface area contributed by atoms with Gasteiger partial charge in [0.15, 0.2) is 6.61 Å². The lowest BCUT2D eigenvalue weighted by Crippen LogP contribution is -2.22. The first-order valence-electron chi connectivity index (χ1n) is 9.48. The highest BCUT2D eigenvalue weighted by atomic mass is 19.1. The number of para-hydroxylation sites is 1. The molecule has 3 rings (SSSR count). The number of hydrogen-bond donors (Lipinski definition) is 1. The predicted octanol–water partition coefficient (Wildman–Crippen LogP) is 4.30. The van der Waals surface area contributed by atoms with Crippen LogP contribution in [-0.4, -0.2) is 23.1 Å². The first-order chi connectivity index (χ1) is 14.9. The average Bonchev–Trinajstić information content (AvgIpc) is 3.01. The molecule has 0 aliphatic carbocycles. The topological polar surface area (TPSA) is 84.1 Å². The zero-order chi connectivity index (χ0) is 22.4. The minimum Gasteiger partial charge on any atom is -0.452 e. The molecule has 7 heteroatoms. The molecule has 1 amide bonds. The summed E-state index contributed by atoms with van der Waals surface area (Å²) in [5, 5.41) is 12.3. The fraction of sp³-hybridized carbons (Fsp3) is 0.125. The molecule has 31 heavy (non-hydrogen) atoms. The number of carbonyl (C=O) groups excluding carboxylic acids is 2. The van der Waals surface area contributed by atoms with Crippen molar-refractivity contribution in [3.05, 3.63) is 88.9 Å². The van der Waals surface area contributed by atoms with Crippen LogP contribution in [0.5, 0.6) is 0 Å². The van der Waals surface area contributed by atoms with E-state index in [9.17, 15) is 19.2 Å². The van der Waals surface area contributed by atoms with Gasteiger partial charge in [0.05, 0.1) is 5.56 Å². The van der Waals surface area contributed by atoms with Gasteiger partial charge in [-0.2, -0.15) is 5.26 Å². The number of nitriles is 1. The number of carbonyl (C=O) groups is 2. The van der Waals surface area contributed by atoms with E-state index in [-0.39, 0.29) is 5.82 Å². The minimum atomic E-state index is -0.717. The Labute approximate surface area is 179 Å². The van der Waals surface area contributed by atoms with Gasteiger partial charge in [0.2, 0.25) is 0 Å². The molecule has 0 radical (unpaired) electrons. The van der Waals surface area contributed by atoms with Crippen molar-refractivity contribution >= 4 is 23.8 Å². The molecule has 1 aromatic heterocycles. The van der Waals surface area contributed by atoms with Gasteiger partial charge in [-0.1, -0.05) is 30.3 Å². The molecule has 156 valence electrons. The molecule has 0 fully saturated rings. The Hall–Kier alpha value is -4.18. The second kappa shape index (κ2) is 9.55. The SMILES string of the molecule is Cc1c(C#N)c(NC(=O)COC(=O)/C=C/c2ccc(F)cc2)n(-c2ccccc2)c1C. The number of benzene rings is 2. The Balaban J connectivity index is 1.70. The lowest BCUT2D eigenvalue weighted by molar-refractivity contribution is -0.142. The molecule has 3 aromatic rings. The quantitative estimate of drug-likeness (QED) is 0.479. The molecule has 0 saturated carbocycles. The van der Waals surface area contributed by atoms with Gasteiger partial charge < -0.3 is 10.1 Å². The van der Waals surface area contributed by atoms with E-state index in [4.69, 9.17) is 4.74 Å². The first-order valence-corrected chi connectivity index (χ1v) is 9.48. The Kier molecular flexibility index (Phi) is 6.63. The largest absolute Gasteiger partial charge is 0.452 e. The van der Waals surface area contributed by atoms with Crippen LogP contribution in [0.1, 0.15) is 22.4 Å². The summed E-state index contributed by atoms with van der Waals surface area (Å²) >= 11 is 0. The molecule has 0 saturated heterocycles. The van der Waals surface area contributed by atoms with Crippen LogP contribution in [0.15, 0.2) is 60.7 Å². The van der Waals surface area contributed by atoms with Gasteiger partial charge >= 0.3 is 5.97 Å². The summed E-state index contributed by atoms with van der Waals surface area (Å²) in [5.74, 6) is -1.34. The minimum absolute atomic E-state index is 0.326. The van der Waals surface area contributed by atoms with Gasteiger partial charge in [-0.25, -0.2) is 9.18 Å². The van der Waals surface area contributed by atoms with Gasteiger partial charge in [0.1, 0.15) is 17.7 Å². The molecule has 0 spiro atoms. The summed E-state index contributed by atoms with van der Waals surface area (Å²) in [6.07, 6.45) is 2.61. The molecular formula is C24H20FN3O3. The number of nitrogens with zero attached hydrogens (tertiary/aromatic N) is 2. The van der Waals surface area contributed by atoms with E-state index in [0.717, 1.165) is 23.0 Å². The van der Waals surface area contributed by atoms with Gasteiger partial charge in [0, 0.05) is 17.5 Å². The number of halogens is 1. The zero-order valence-electron chi connectivity index (χ0n) is 17.1. The van der Waals surface area contributed by atoms with Crippen LogP contribution < -0.4 is 5.32 Å². The standard InChI is InChI=1S/C24H20FN3O3/c1-16-17(2)28(20-6-4-3-5-7-20)24(21(16)14-26)27-22(29)15-31-23(30)13-10-18-8-11-19(25)12-9-18/h3-13H,15H2,1-2H3,(H,27,29)/b13-10+. The predicted molar refractivity (Wildman–Crippen MR) is 115 cm³/mol. The highest BCUT2D eigenvalue weighted by Crippen LogP contribution is 2.29. The number of esters is 1. The average molecular weight is 417 g/mol. The van der Waals surface area contributed by atoms with E-state index in [1.165, 1.54) is 30.3 Å². The maximum Gasteiger partial charge on any atom is 0.331 e. The van der Waals surface area contributed by atoms with Crippen molar-refractivity contribution in [1.82, 2.24) is 4.57 Å². The van der Waals surface area contributed by atoms with Crippen LogP contribution in [-0.2, 0) is 14.3 Å². The number of hydrogen-bond acceptors (Lipinski definition) is 4. The third-order valence-electron chi connectivity index (χ3n) is 4.72. The Morgan fingerprint density at radius 1 is 1.13 bits per heavy atom. The maximum absolute atomic E-state index is 12.9. The van der Waals surface area contributed by atoms with E-state index < -0.39 is 18.5 Å². The summed E-state index contributed by atoms with van der Waals surface area (Å²) in [4.78, 5) is 24.3. The lowest BCUT2D eigenvalue weighted by atomic mass is 10.2. The monoisotopic (exact) mass is 417 g/mol. The molecule has 0 aliphatic heterocycles. The van der Waals surface area contributed by atoms with Crippen LogP contribution in [0.3, 0.4) is 0 Å². The summed E-state index contributed by atoms with van der Waals surface area (Å²) in [6.45, 7) is 3.15. The third-order valence-corrected chi connectivity index (χ3v) is 4.72. The second-order valence-electron chi connectivity index (χ2n) is 6.76. The Morgan fingerprint density at radius 3 is 2.45 bits per heavy atom. The number of anilines is 1. The number of aromatic nitrogens is 1. The van der Waals surface area contributed by atoms with Crippen LogP contribution >= 0.6 is 0 Å². The van der Waals surface area contributed by atoms with Crippen molar-refractivity contribution < 1.29 is 18.7 Å². The molecule has 0 unspecified atom stereocenters. The van der Waals surface area contributed by atoms with Crippen LogP contribution in [0.2, 0.25) is 0 Å². The second-order valence-corrected chi connectivity index (χ2v) is 6.76. The number of ether oxygens (including phenoxy) is 1. The Morgan fingerprint density at radius 2 is 1.81 bits per heavy atom. The third kappa shape index (κ3) is 5.06. The van der Waals surface area contributed by atoms with Crippen LogP contribution in [0, 0.1) is 31.0 Å². The number of amides is 1. The van der Waals surface area contributed by atoms with Crippen molar-refractivity contribution in [2.24, 2.45) is 0 Å². The van der Waals surface area contributed by atoms with Crippen molar-refractivity contribution in [3.63, 3.8) is 0 Å². The number of nitrogens with one attached hydrogen (secondary N) is 1. The van der Waals surface area contributed by atoms with E-state index in [0.29, 0.717) is 16.9 Å². The molecular weight excluding hydrogens is 397 g/mol. The summed E-state index contributed by atoms with van der Waals surface area (Å²) in [7, 11) is 0. The Bertz CT molecular complexity index is 1170. The molecule has 0 bridgehead atoms. The van der Waals surface area contributed by atoms with E-state index in [1.807, 2.05) is 44.2 Å². The van der Waals surface area contributed by atoms with Crippen molar-refractivity contribution in [1.29, 1.82) is 5.26 Å². The van der Waals surface area contributed by atoms with Crippen molar-refractivity contribution in [2.45, 2.75) is 13.8 Å². The van der Waals surface area contributed by atoms with Crippen molar-refractivity contribution in [3.8, 4) is 11.8 Å². The molecule has 0 aliphatic rings. The van der Waals surface area contributed by atoms with Crippen molar-refractivity contribution in [2.75, 3.05) is 11.9 Å². The zero-order valence-corrected chi connectivity index (χ0v) is 17.1. The molecule has 6 nitrogen and oxygen atoms in total. The highest BCUT2D eigenvalue weighted by Gasteiger charge is 2.21. The summed E-state index contributed by atoms with van der Waals surface area (Å²) < 4.78 is 19.7. The maximum atomic E-state index is 12.9. The fourth-order valence-corrected chi connectivity index (χ4v) is 3.05. The summed E-state index contributed by atoms with van der Waals surface area (Å²) in [5.41, 5.74) is 3.32. The molecule has 1 N–H and O–H groups in total. The van der Waals surface area contributed by atoms with Crippen LogP contribution in [0.4, 0.5) is 10.2 Å². The van der Waals surface area contributed by atoms with Crippen LogP contribution in [0.25, 0.3) is 11.8 Å². The summed E-state index contributed by atoms with van der Waals surface area (Å²) in [6, 6.07) is 17.0. The normalized spacial score (nSPS) is 10.6. The highest BCUT2D eigenvalue weighted by molar-refractivity contribution is 5.95. The molecule has 2 aromatic carbocycles. The smallest absolute Gasteiger partial charge is 0.331 e. The fourth-order valence-electron chi connectivity index (χ4n) is 3.05. The van der Waals surface area contributed by atoms with Gasteiger partial charge in [-0.15, -0.1) is 0 Å². The van der Waals surface area contributed by atoms with Gasteiger partial charge in [0.25, 0.3) is 5.91 Å².